The van der Waals surface area contributed by atoms with E-state index in [1.807, 2.05) is 0 Å². The van der Waals surface area contributed by atoms with Gasteiger partial charge in [-0.3, -0.25) is 0 Å². The van der Waals surface area contributed by atoms with Crippen LogP contribution < -0.4 is 11.1 Å². The summed E-state index contributed by atoms with van der Waals surface area (Å²) in [4.78, 5) is 0. The molecule has 0 fully saturated rings. The zero-order valence-corrected chi connectivity index (χ0v) is 12.5. The van der Waals surface area contributed by atoms with E-state index < -0.39 is 11.7 Å². The van der Waals surface area contributed by atoms with E-state index in [-0.39, 0.29) is 5.69 Å². The van der Waals surface area contributed by atoms with Gasteiger partial charge in [-0.05, 0) is 38.9 Å². The Kier molecular flexibility index (Phi) is 4.75. The Balaban J connectivity index is 2.45. The lowest BCUT2D eigenvalue weighted by molar-refractivity contribution is -0.137. The molecule has 2 aromatic rings. The van der Waals surface area contributed by atoms with Crippen molar-refractivity contribution in [3.63, 3.8) is 0 Å². The normalized spacial score (nSPS) is 11.7. The minimum atomic E-state index is -4.42. The number of nitrogens with one attached hydrogen (secondary N) is 1. The summed E-state index contributed by atoms with van der Waals surface area (Å²) >= 11 is 0. The number of hydrogen-bond acceptors (Lipinski definition) is 3. The molecule has 0 saturated heterocycles. The van der Waals surface area contributed by atoms with E-state index in [1.54, 1.807) is 19.9 Å². The maximum atomic E-state index is 13.2. The Bertz CT molecular complexity index is 647. The molecule has 0 radical (unpaired) electrons. The molecule has 0 bridgehead atoms. The lowest BCUT2D eigenvalue weighted by Gasteiger charge is -2.14. The van der Waals surface area contributed by atoms with E-state index in [0.717, 1.165) is 18.2 Å². The highest BCUT2D eigenvalue weighted by Crippen LogP contribution is 2.35. The molecule has 2 rings (SSSR count). The minimum absolute atomic E-state index is 0.0301. The molecule has 0 unspecified atom stereocenters. The standard InChI is InChI=1S/C15H19F3N4/c1-10-14(20-9-5-8-19)11(2)22(21-10)13-7-4-3-6-12(13)15(16,17)18/h3-4,6-7,20H,5,8-9,19H2,1-2H3. The number of alkyl halides is 3. The van der Waals surface area contributed by atoms with Gasteiger partial charge in [0.2, 0.25) is 0 Å². The number of aromatic nitrogens is 2. The van der Waals surface area contributed by atoms with Gasteiger partial charge >= 0.3 is 6.18 Å². The van der Waals surface area contributed by atoms with Crippen LogP contribution in [0.15, 0.2) is 24.3 Å². The molecular weight excluding hydrogens is 293 g/mol. The third kappa shape index (κ3) is 3.24. The van der Waals surface area contributed by atoms with E-state index in [2.05, 4.69) is 10.4 Å². The van der Waals surface area contributed by atoms with Crippen molar-refractivity contribution >= 4 is 5.69 Å². The molecule has 0 amide bonds. The predicted octanol–water partition coefficient (Wildman–Crippen LogP) is 3.27. The smallest absolute Gasteiger partial charge is 0.382 e. The van der Waals surface area contributed by atoms with Gasteiger partial charge in [-0.25, -0.2) is 4.68 Å². The fraction of sp³-hybridized carbons (Fsp3) is 0.400. The maximum Gasteiger partial charge on any atom is 0.418 e. The molecule has 1 heterocycles. The van der Waals surface area contributed by atoms with Crippen molar-refractivity contribution in [3.8, 4) is 5.69 Å². The minimum Gasteiger partial charge on any atom is -0.382 e. The van der Waals surface area contributed by atoms with Crippen molar-refractivity contribution in [1.29, 1.82) is 0 Å². The van der Waals surface area contributed by atoms with Crippen LogP contribution >= 0.6 is 0 Å². The van der Waals surface area contributed by atoms with Crippen molar-refractivity contribution in [2.45, 2.75) is 26.4 Å². The molecule has 1 aromatic carbocycles. The van der Waals surface area contributed by atoms with Gasteiger partial charge in [-0.15, -0.1) is 0 Å². The quantitative estimate of drug-likeness (QED) is 0.833. The van der Waals surface area contributed by atoms with E-state index >= 15 is 0 Å². The summed E-state index contributed by atoms with van der Waals surface area (Å²) < 4.78 is 40.8. The van der Waals surface area contributed by atoms with Gasteiger partial charge < -0.3 is 11.1 Å². The lowest BCUT2D eigenvalue weighted by atomic mass is 10.1. The summed E-state index contributed by atoms with van der Waals surface area (Å²) in [7, 11) is 0. The first kappa shape index (κ1) is 16.4. The van der Waals surface area contributed by atoms with Crippen molar-refractivity contribution in [1.82, 2.24) is 9.78 Å². The van der Waals surface area contributed by atoms with Crippen LogP contribution in [0.1, 0.15) is 23.4 Å². The van der Waals surface area contributed by atoms with Crippen molar-refractivity contribution in [3.05, 3.63) is 41.2 Å². The molecule has 0 aliphatic heterocycles. The van der Waals surface area contributed by atoms with Gasteiger partial charge in [0.1, 0.15) is 0 Å². The van der Waals surface area contributed by atoms with E-state index in [1.165, 1.54) is 16.8 Å². The zero-order chi connectivity index (χ0) is 16.3. The highest BCUT2D eigenvalue weighted by molar-refractivity contribution is 5.56. The third-order valence-electron chi connectivity index (χ3n) is 3.41. The van der Waals surface area contributed by atoms with Gasteiger partial charge in [0.15, 0.2) is 0 Å². The average molecular weight is 312 g/mol. The van der Waals surface area contributed by atoms with Gasteiger partial charge in [0, 0.05) is 6.54 Å². The van der Waals surface area contributed by atoms with Crippen LogP contribution in [-0.2, 0) is 6.18 Å². The molecule has 0 aliphatic rings. The Labute approximate surface area is 127 Å². The number of benzene rings is 1. The van der Waals surface area contributed by atoms with Gasteiger partial charge in [0.25, 0.3) is 0 Å². The summed E-state index contributed by atoms with van der Waals surface area (Å²) in [6.07, 6.45) is -3.64. The number of nitrogens with zero attached hydrogens (tertiary/aromatic N) is 2. The highest BCUT2D eigenvalue weighted by atomic mass is 19.4. The second-order valence-corrected chi connectivity index (χ2v) is 5.04. The van der Waals surface area contributed by atoms with Crippen LogP contribution in [0, 0.1) is 13.8 Å². The van der Waals surface area contributed by atoms with Gasteiger partial charge in [-0.2, -0.15) is 18.3 Å². The SMILES string of the molecule is Cc1nn(-c2ccccc2C(F)(F)F)c(C)c1NCCCN. The van der Waals surface area contributed by atoms with Crippen molar-refractivity contribution in [2.75, 3.05) is 18.4 Å². The van der Waals surface area contributed by atoms with E-state index in [4.69, 9.17) is 5.73 Å². The predicted molar refractivity (Wildman–Crippen MR) is 80.2 cm³/mol. The zero-order valence-electron chi connectivity index (χ0n) is 12.5. The maximum absolute atomic E-state index is 13.2. The molecule has 0 atom stereocenters. The summed E-state index contributed by atoms with van der Waals surface area (Å²) in [6, 6.07) is 5.43. The van der Waals surface area contributed by atoms with Crippen molar-refractivity contribution < 1.29 is 13.2 Å². The monoisotopic (exact) mass is 312 g/mol. The van der Waals surface area contributed by atoms with Crippen LogP contribution in [0.3, 0.4) is 0 Å². The Morgan fingerprint density at radius 3 is 2.55 bits per heavy atom. The first-order chi connectivity index (χ1) is 10.4. The average Bonchev–Trinajstić information content (AvgIpc) is 2.74. The Hall–Kier alpha value is -2.02. The molecule has 0 aliphatic carbocycles. The molecular formula is C15H19F3N4. The molecule has 4 nitrogen and oxygen atoms in total. The third-order valence-corrected chi connectivity index (χ3v) is 3.41. The summed E-state index contributed by atoms with van der Waals surface area (Å²) in [5.41, 5.74) is 6.84. The molecule has 0 spiro atoms. The van der Waals surface area contributed by atoms with Crippen LogP contribution in [0.2, 0.25) is 0 Å². The fourth-order valence-corrected chi connectivity index (χ4v) is 2.35. The largest absolute Gasteiger partial charge is 0.418 e. The number of halogens is 3. The van der Waals surface area contributed by atoms with Gasteiger partial charge in [-0.1, -0.05) is 12.1 Å². The molecule has 3 N–H and O–H groups in total. The molecule has 22 heavy (non-hydrogen) atoms. The Morgan fingerprint density at radius 1 is 1.23 bits per heavy atom. The number of aryl methyl sites for hydroxylation is 1. The van der Waals surface area contributed by atoms with Crippen LogP contribution in [0.5, 0.6) is 0 Å². The number of anilines is 1. The summed E-state index contributed by atoms with van der Waals surface area (Å²) in [5.74, 6) is 0. The summed E-state index contributed by atoms with van der Waals surface area (Å²) in [6.45, 7) is 4.73. The van der Waals surface area contributed by atoms with E-state index in [9.17, 15) is 13.2 Å². The first-order valence-electron chi connectivity index (χ1n) is 7.03. The highest BCUT2D eigenvalue weighted by Gasteiger charge is 2.34. The second-order valence-electron chi connectivity index (χ2n) is 5.04. The topological polar surface area (TPSA) is 55.9 Å². The van der Waals surface area contributed by atoms with Crippen LogP contribution in [-0.4, -0.2) is 22.9 Å². The number of nitrogens with two attached hydrogens (primary N) is 1. The molecule has 1 aromatic heterocycles. The lowest BCUT2D eigenvalue weighted by Crippen LogP contribution is -2.12. The van der Waals surface area contributed by atoms with E-state index in [0.29, 0.717) is 24.5 Å². The number of para-hydroxylation sites is 1. The molecule has 120 valence electrons. The number of hydrogen-bond donors (Lipinski definition) is 2. The van der Waals surface area contributed by atoms with Crippen LogP contribution in [0.4, 0.5) is 18.9 Å². The Morgan fingerprint density at radius 2 is 1.91 bits per heavy atom. The number of rotatable bonds is 5. The second kappa shape index (κ2) is 6.39. The molecule has 7 heteroatoms. The van der Waals surface area contributed by atoms with Crippen molar-refractivity contribution in [2.24, 2.45) is 5.73 Å². The summed E-state index contributed by atoms with van der Waals surface area (Å²) in [5, 5.41) is 7.44. The van der Waals surface area contributed by atoms with Gasteiger partial charge in [0.05, 0.1) is 28.3 Å². The first-order valence-corrected chi connectivity index (χ1v) is 7.03. The fourth-order valence-electron chi connectivity index (χ4n) is 2.35. The molecule has 0 saturated carbocycles. The van der Waals surface area contributed by atoms with Crippen LogP contribution in [0.25, 0.3) is 5.69 Å².